The predicted molar refractivity (Wildman–Crippen MR) is 372 cm³/mol. The molecule has 0 amide bonds. The lowest BCUT2D eigenvalue weighted by molar-refractivity contribution is 0.389. The molecule has 0 fully saturated rings. The third-order valence-electron chi connectivity index (χ3n) is 14.8. The van der Waals surface area contributed by atoms with E-state index in [4.69, 9.17) is 17.8 Å². The maximum atomic E-state index is 5.32. The van der Waals surface area contributed by atoms with Gasteiger partial charge in [0.25, 0.3) is 0 Å². The summed E-state index contributed by atoms with van der Waals surface area (Å²) in [5.74, 6) is 4.09. The van der Waals surface area contributed by atoms with Gasteiger partial charge in [-0.2, -0.15) is 20.4 Å². The van der Waals surface area contributed by atoms with Gasteiger partial charge >= 0.3 is 0 Å². The van der Waals surface area contributed by atoms with Crippen molar-refractivity contribution in [1.29, 1.82) is 0 Å². The Morgan fingerprint density at radius 3 is 0.523 bits per heavy atom. The zero-order valence-electron chi connectivity index (χ0n) is 63.7. The summed E-state index contributed by atoms with van der Waals surface area (Å²) in [5.41, 5.74) is 22.0. The van der Waals surface area contributed by atoms with E-state index in [0.29, 0.717) is 0 Å². The first-order valence-electron chi connectivity index (χ1n) is 31.5. The van der Waals surface area contributed by atoms with Crippen molar-refractivity contribution >= 4 is 0 Å². The third-order valence-corrected chi connectivity index (χ3v) is 14.8. The lowest BCUT2D eigenvalue weighted by atomic mass is 9.85. The van der Waals surface area contributed by atoms with Crippen molar-refractivity contribution in [2.24, 2.45) is 28.2 Å². The molecule has 88 heavy (non-hydrogen) atoms. The summed E-state index contributed by atoms with van der Waals surface area (Å²) < 4.78 is 28.9. The monoisotopic (exact) mass is 1220 g/mol. The summed E-state index contributed by atoms with van der Waals surface area (Å²) in [5, 5.41) is 20.7. The molecule has 8 aromatic rings. The smallest absolute Gasteiger partial charge is 0.137 e. The number of hydrogen-bond acceptors (Lipinski definition) is 9. The number of rotatable bonds is 0. The topological polar surface area (TPSA) is 137 Å². The largest absolute Gasteiger partial charge is 0.469 e. The summed E-state index contributed by atoms with van der Waals surface area (Å²) in [6, 6.07) is 0. The summed E-state index contributed by atoms with van der Waals surface area (Å²) in [6.07, 6.45) is 13.2. The molecule has 13 heteroatoms. The summed E-state index contributed by atoms with van der Waals surface area (Å²) in [4.78, 5) is 0. The zero-order chi connectivity index (χ0) is 69.2. The molecule has 13 nitrogen and oxygen atoms in total. The zero-order valence-corrected chi connectivity index (χ0v) is 63.7. The number of aromatic nitrogens is 9. The van der Waals surface area contributed by atoms with Gasteiger partial charge in [-0.1, -0.05) is 171 Å². The van der Waals surface area contributed by atoms with Crippen LogP contribution in [-0.4, -0.2) is 44.3 Å². The van der Waals surface area contributed by atoms with Gasteiger partial charge in [0, 0.05) is 94.9 Å². The fourth-order valence-electron chi connectivity index (χ4n) is 13.1. The molecule has 8 rings (SSSR count). The first-order chi connectivity index (χ1) is 39.4. The van der Waals surface area contributed by atoms with E-state index in [1.807, 2.05) is 125 Å². The first-order valence-corrected chi connectivity index (χ1v) is 31.5. The fraction of sp³-hybridized carbons (Fsp3) is 0.640. The highest BCUT2D eigenvalue weighted by Gasteiger charge is 2.26. The Hall–Kier alpha value is -6.11. The lowest BCUT2D eigenvalue weighted by Gasteiger charge is -2.19. The molecule has 8 heterocycles. The molecule has 0 spiro atoms. The molecule has 0 saturated carbocycles. The second-order valence-electron chi connectivity index (χ2n) is 32.4. The molecule has 0 aliphatic heterocycles. The average molecular weight is 1220 g/mol. The van der Waals surface area contributed by atoms with Crippen molar-refractivity contribution in [3.63, 3.8) is 0 Å². The molecule has 496 valence electrons. The molecule has 0 aromatic carbocycles. The number of hydrogen-bond donors (Lipinski definition) is 0. The highest BCUT2D eigenvalue weighted by molar-refractivity contribution is 5.35. The van der Waals surface area contributed by atoms with E-state index in [9.17, 15) is 0 Å². The lowest BCUT2D eigenvalue weighted by Crippen LogP contribution is -2.17. The quantitative estimate of drug-likeness (QED) is 0.145. The molecule has 0 unspecified atom stereocenters. The Morgan fingerprint density at radius 2 is 0.455 bits per heavy atom. The van der Waals surface area contributed by atoms with E-state index < -0.39 is 0 Å². The molecule has 0 atom stereocenters. The molecule has 0 aliphatic rings. The molecule has 8 aromatic heterocycles. The second-order valence-corrected chi connectivity index (χ2v) is 32.4. The molecule has 0 saturated heterocycles. The van der Waals surface area contributed by atoms with Gasteiger partial charge in [0.2, 0.25) is 0 Å². The number of furan rings is 3. The van der Waals surface area contributed by atoms with Crippen molar-refractivity contribution < 1.29 is 17.8 Å². The van der Waals surface area contributed by atoms with Crippen LogP contribution in [0.25, 0.3) is 0 Å². The molecular formula is C75H127N9O4. The van der Waals surface area contributed by atoms with Crippen LogP contribution in [0.15, 0.2) is 61.4 Å². The molecule has 0 radical (unpaired) electrons. The van der Waals surface area contributed by atoms with Gasteiger partial charge in [-0.05, 0) is 144 Å². The Morgan fingerprint density at radius 1 is 0.261 bits per heavy atom. The minimum absolute atomic E-state index is 0.147. The van der Waals surface area contributed by atoms with Crippen LogP contribution in [0.3, 0.4) is 0 Å². The number of aryl methyl sites for hydroxylation is 16. The highest BCUT2D eigenvalue weighted by Crippen LogP contribution is 2.33. The van der Waals surface area contributed by atoms with Gasteiger partial charge in [-0.15, -0.1) is 0 Å². The molecule has 0 aliphatic carbocycles. The standard InChI is InChI=1S/3C10H16O.4C9H16N2.C9H15NO/c3*1-7-6-11-8(2)9(7)10(3,4)5;4*1-7-6-10-11(5)8(7)9(2,3)4;1-6-8(9(3,4)5)7(2)11-10-6/h7*6H,1-5H3;1-5H3. The van der Waals surface area contributed by atoms with Crippen LogP contribution in [0, 0.1) is 83.1 Å². The average Bonchev–Trinajstić information content (AvgIpc) is 4.22. The van der Waals surface area contributed by atoms with E-state index >= 15 is 0 Å². The van der Waals surface area contributed by atoms with Crippen LogP contribution in [-0.2, 0) is 71.5 Å². The minimum atomic E-state index is 0.147. The highest BCUT2D eigenvalue weighted by atomic mass is 16.5. The van der Waals surface area contributed by atoms with Gasteiger partial charge in [-0.25, -0.2) is 0 Å². The normalized spacial score (nSPS) is 12.1. The Kier molecular flexibility index (Phi) is 27.8. The van der Waals surface area contributed by atoms with Crippen molar-refractivity contribution in [2.75, 3.05) is 0 Å². The first kappa shape index (κ1) is 79.9. The summed E-state index contributed by atoms with van der Waals surface area (Å²) >= 11 is 0. The van der Waals surface area contributed by atoms with E-state index in [-0.39, 0.29) is 43.3 Å². The number of nitrogens with zero attached hydrogens (tertiary/aromatic N) is 9. The van der Waals surface area contributed by atoms with E-state index in [1.54, 1.807) is 0 Å². The van der Waals surface area contributed by atoms with Crippen molar-refractivity contribution in [3.05, 3.63) is 156 Å². The van der Waals surface area contributed by atoms with E-state index in [2.05, 4.69) is 240 Å². The Labute approximate surface area is 536 Å². The Balaban J connectivity index is 0.000000503. The van der Waals surface area contributed by atoms with Gasteiger partial charge < -0.3 is 17.8 Å². The molecule has 0 N–H and O–H groups in total. The van der Waals surface area contributed by atoms with E-state index in [0.717, 1.165) is 28.7 Å². The predicted octanol–water partition coefficient (Wildman–Crippen LogP) is 20.3. The maximum Gasteiger partial charge on any atom is 0.137 e. The fourth-order valence-corrected chi connectivity index (χ4v) is 13.1. The van der Waals surface area contributed by atoms with Crippen LogP contribution in [0.5, 0.6) is 0 Å². The van der Waals surface area contributed by atoms with Gasteiger partial charge in [0.1, 0.15) is 23.0 Å². The Bertz CT molecular complexity index is 2550. The van der Waals surface area contributed by atoms with Crippen molar-refractivity contribution in [2.45, 2.75) is 293 Å². The summed E-state index contributed by atoms with van der Waals surface area (Å²) in [6.45, 7) is 77.5. The minimum Gasteiger partial charge on any atom is -0.469 e. The van der Waals surface area contributed by atoms with Crippen LogP contribution in [0.1, 0.15) is 279 Å². The van der Waals surface area contributed by atoms with Crippen molar-refractivity contribution in [1.82, 2.24) is 44.3 Å². The van der Waals surface area contributed by atoms with Crippen LogP contribution in [0.4, 0.5) is 0 Å². The van der Waals surface area contributed by atoms with Crippen molar-refractivity contribution in [3.8, 4) is 0 Å². The molecule has 0 bridgehead atoms. The maximum absolute atomic E-state index is 5.32. The molecular weight excluding hydrogens is 1090 g/mol. The van der Waals surface area contributed by atoms with Crippen LogP contribution < -0.4 is 0 Å². The van der Waals surface area contributed by atoms with Crippen LogP contribution in [0.2, 0.25) is 0 Å². The second kappa shape index (κ2) is 30.6. The third kappa shape index (κ3) is 23.4. The SMILES string of the molecule is Cc1cnn(C)c1C(C)(C)C.Cc1cnn(C)c1C(C)(C)C.Cc1cnn(C)c1C(C)(C)C.Cc1cnn(C)c1C(C)(C)C.Cc1coc(C)c1C(C)(C)C.Cc1coc(C)c1C(C)(C)C.Cc1coc(C)c1C(C)(C)C.Cc1noc(C)c1C(C)(C)C. The van der Waals surface area contributed by atoms with Gasteiger partial charge in [0.15, 0.2) is 0 Å². The van der Waals surface area contributed by atoms with E-state index in [1.165, 1.54) is 84.0 Å². The van der Waals surface area contributed by atoms with Crippen LogP contribution >= 0.6 is 0 Å². The summed E-state index contributed by atoms with van der Waals surface area (Å²) in [7, 11) is 7.97. The van der Waals surface area contributed by atoms with Gasteiger partial charge in [-0.3, -0.25) is 18.7 Å². The van der Waals surface area contributed by atoms with Gasteiger partial charge in [0.05, 0.1) is 49.3 Å².